The second-order valence-electron chi connectivity index (χ2n) is 8.43. The fraction of sp³-hybridized carbons (Fsp3) is 0.478. The molecule has 0 radical (unpaired) electrons. The average molecular weight is 475 g/mol. The van der Waals surface area contributed by atoms with Crippen molar-refractivity contribution in [1.82, 2.24) is 19.4 Å². The van der Waals surface area contributed by atoms with Crippen LogP contribution in [0.2, 0.25) is 5.02 Å². The Kier molecular flexibility index (Phi) is 6.40. The van der Waals surface area contributed by atoms with Gasteiger partial charge in [-0.05, 0) is 69.2 Å². The molecule has 2 aromatic heterocycles. The van der Waals surface area contributed by atoms with E-state index < -0.39 is 0 Å². The monoisotopic (exact) mass is 474 g/mol. The summed E-state index contributed by atoms with van der Waals surface area (Å²) in [6, 6.07) is 7.51. The molecule has 3 aromatic rings. The highest BCUT2D eigenvalue weighted by atomic mass is 35.5. The highest BCUT2D eigenvalue weighted by Gasteiger charge is 2.24. The quantitative estimate of drug-likeness (QED) is 0.397. The molecule has 2 aliphatic heterocycles. The van der Waals surface area contributed by atoms with Crippen molar-refractivity contribution in [1.29, 1.82) is 0 Å². The summed E-state index contributed by atoms with van der Waals surface area (Å²) in [5, 5.41) is 2.26. The van der Waals surface area contributed by atoms with Gasteiger partial charge in [-0.2, -0.15) is 0 Å². The highest BCUT2D eigenvalue weighted by molar-refractivity contribution is 7.99. The van der Waals surface area contributed by atoms with Crippen LogP contribution in [0.3, 0.4) is 0 Å². The summed E-state index contributed by atoms with van der Waals surface area (Å²) in [4.78, 5) is 25.8. The van der Waals surface area contributed by atoms with E-state index in [0.717, 1.165) is 52.9 Å². The van der Waals surface area contributed by atoms with Crippen molar-refractivity contribution < 1.29 is 0 Å². The van der Waals surface area contributed by atoms with Crippen LogP contribution in [0.1, 0.15) is 29.7 Å². The Labute approximate surface area is 196 Å². The number of benzene rings is 1. The van der Waals surface area contributed by atoms with Crippen LogP contribution in [0.25, 0.3) is 15.9 Å². The molecule has 0 aliphatic carbocycles. The number of hydrogen-bond acceptors (Lipinski definition) is 6. The van der Waals surface area contributed by atoms with Crippen molar-refractivity contribution in [3.8, 4) is 5.69 Å². The molecule has 1 fully saturated rings. The van der Waals surface area contributed by atoms with Gasteiger partial charge < -0.3 is 9.80 Å². The van der Waals surface area contributed by atoms with Gasteiger partial charge in [0.25, 0.3) is 5.56 Å². The largest absolute Gasteiger partial charge is 0.303 e. The zero-order valence-corrected chi connectivity index (χ0v) is 20.2. The highest BCUT2D eigenvalue weighted by Crippen LogP contribution is 2.34. The molecule has 4 heterocycles. The molecule has 0 spiro atoms. The van der Waals surface area contributed by atoms with Gasteiger partial charge in [-0.3, -0.25) is 9.36 Å². The molecule has 164 valence electrons. The normalized spacial score (nSPS) is 17.9. The maximum absolute atomic E-state index is 13.8. The minimum absolute atomic E-state index is 0.0508. The van der Waals surface area contributed by atoms with E-state index in [1.54, 1.807) is 27.7 Å². The fourth-order valence-electron chi connectivity index (χ4n) is 4.52. The Hall–Kier alpha value is -1.38. The first-order valence-electron chi connectivity index (χ1n) is 11.0. The molecule has 5 nitrogen and oxygen atoms in total. The molecule has 0 N–H and O–H groups in total. The van der Waals surface area contributed by atoms with Crippen molar-refractivity contribution in [2.45, 2.75) is 37.4 Å². The minimum atomic E-state index is 0.0508. The second-order valence-corrected chi connectivity index (χ2v) is 11.0. The van der Waals surface area contributed by atoms with Crippen LogP contribution in [-0.2, 0) is 13.0 Å². The van der Waals surface area contributed by atoms with E-state index in [-0.39, 0.29) is 5.56 Å². The van der Waals surface area contributed by atoms with E-state index in [1.165, 1.54) is 42.8 Å². The van der Waals surface area contributed by atoms with Crippen molar-refractivity contribution >= 4 is 44.9 Å². The summed E-state index contributed by atoms with van der Waals surface area (Å²) in [6.45, 7) is 5.27. The van der Waals surface area contributed by atoms with Crippen LogP contribution < -0.4 is 5.56 Å². The number of rotatable bonds is 5. The molecular weight excluding hydrogens is 448 g/mol. The molecule has 0 saturated carbocycles. The number of nitrogens with zero attached hydrogens (tertiary/aromatic N) is 4. The maximum Gasteiger partial charge on any atom is 0.267 e. The van der Waals surface area contributed by atoms with Crippen molar-refractivity contribution in [3.05, 3.63) is 50.1 Å². The number of hydrogen-bond donors (Lipinski definition) is 0. The van der Waals surface area contributed by atoms with Gasteiger partial charge >= 0.3 is 0 Å². The van der Waals surface area contributed by atoms with Crippen molar-refractivity contribution in [3.63, 3.8) is 0 Å². The smallest absolute Gasteiger partial charge is 0.267 e. The molecule has 31 heavy (non-hydrogen) atoms. The predicted molar refractivity (Wildman–Crippen MR) is 131 cm³/mol. The van der Waals surface area contributed by atoms with Gasteiger partial charge in [0.15, 0.2) is 5.16 Å². The third kappa shape index (κ3) is 4.44. The molecule has 8 heteroatoms. The van der Waals surface area contributed by atoms with Gasteiger partial charge in [-0.1, -0.05) is 29.8 Å². The lowest BCUT2D eigenvalue weighted by Gasteiger charge is -2.26. The van der Waals surface area contributed by atoms with Gasteiger partial charge in [0.2, 0.25) is 0 Å². The zero-order chi connectivity index (χ0) is 21.4. The number of halogens is 1. The van der Waals surface area contributed by atoms with Gasteiger partial charge in [-0.25, -0.2) is 4.98 Å². The summed E-state index contributed by atoms with van der Waals surface area (Å²) in [6.07, 6.45) is 4.83. The number of thioether (sulfide) groups is 1. The Morgan fingerprint density at radius 2 is 1.90 bits per heavy atom. The Morgan fingerprint density at radius 3 is 2.68 bits per heavy atom. The first-order valence-corrected chi connectivity index (χ1v) is 13.1. The summed E-state index contributed by atoms with van der Waals surface area (Å²) in [5.41, 5.74) is 2.08. The van der Waals surface area contributed by atoms with Gasteiger partial charge in [-0.15, -0.1) is 11.3 Å². The summed E-state index contributed by atoms with van der Waals surface area (Å²) in [7, 11) is 2.13. The Balaban J connectivity index is 1.54. The first kappa shape index (κ1) is 21.5. The summed E-state index contributed by atoms with van der Waals surface area (Å²) < 4.78 is 1.80. The van der Waals surface area contributed by atoms with Crippen LogP contribution in [0.15, 0.2) is 34.2 Å². The van der Waals surface area contributed by atoms with Crippen molar-refractivity contribution in [2.24, 2.45) is 0 Å². The molecule has 0 atom stereocenters. The van der Waals surface area contributed by atoms with Crippen LogP contribution >= 0.6 is 34.7 Å². The van der Waals surface area contributed by atoms with E-state index in [9.17, 15) is 4.79 Å². The fourth-order valence-corrected chi connectivity index (χ4v) is 6.99. The van der Waals surface area contributed by atoms with E-state index in [1.807, 2.05) is 24.3 Å². The zero-order valence-electron chi connectivity index (χ0n) is 17.8. The third-order valence-electron chi connectivity index (χ3n) is 6.21. The van der Waals surface area contributed by atoms with Gasteiger partial charge in [0, 0.05) is 35.3 Å². The Bertz CT molecular complexity index is 1140. The van der Waals surface area contributed by atoms with Crippen molar-refractivity contribution in [2.75, 3.05) is 39.0 Å². The van der Waals surface area contributed by atoms with Crippen LogP contribution in [-0.4, -0.2) is 58.3 Å². The third-order valence-corrected chi connectivity index (χ3v) is 8.49. The van der Waals surface area contributed by atoms with Gasteiger partial charge in [0.05, 0.1) is 11.1 Å². The lowest BCUT2D eigenvalue weighted by Crippen LogP contribution is -2.31. The topological polar surface area (TPSA) is 41.4 Å². The van der Waals surface area contributed by atoms with Crippen LogP contribution in [0.4, 0.5) is 0 Å². The number of thiophene rings is 1. The number of aromatic nitrogens is 2. The number of fused-ring (bicyclic) bond motifs is 3. The molecule has 2 aliphatic rings. The molecule has 0 unspecified atom stereocenters. The molecule has 1 aromatic carbocycles. The lowest BCUT2D eigenvalue weighted by atomic mass is 10.1. The molecule has 1 saturated heterocycles. The summed E-state index contributed by atoms with van der Waals surface area (Å²) >= 11 is 9.50. The van der Waals surface area contributed by atoms with E-state index in [0.29, 0.717) is 5.02 Å². The van der Waals surface area contributed by atoms with Gasteiger partial charge in [0.1, 0.15) is 4.83 Å². The molecule has 5 rings (SSSR count). The van der Waals surface area contributed by atoms with Crippen LogP contribution in [0, 0.1) is 0 Å². The Morgan fingerprint density at radius 1 is 1.13 bits per heavy atom. The SMILES string of the molecule is CN1CCc2c(sc3nc(SCCN4CCCCC4)n(-c4ccc(Cl)cc4)c(=O)c23)C1. The van der Waals surface area contributed by atoms with Crippen LogP contribution in [0.5, 0.6) is 0 Å². The molecule has 0 amide bonds. The molecular formula is C23H27ClN4OS2. The van der Waals surface area contributed by atoms with E-state index in [2.05, 4.69) is 16.8 Å². The number of likely N-dealkylation sites (N-methyl/N-ethyl adjacent to an activating group) is 1. The maximum atomic E-state index is 13.8. The minimum Gasteiger partial charge on any atom is -0.303 e. The number of likely N-dealkylation sites (tertiary alicyclic amines) is 1. The number of piperidine rings is 1. The van der Waals surface area contributed by atoms with E-state index >= 15 is 0 Å². The molecule has 0 bridgehead atoms. The average Bonchev–Trinajstić information content (AvgIpc) is 3.13. The second kappa shape index (κ2) is 9.24. The predicted octanol–water partition coefficient (Wildman–Crippen LogP) is 4.67. The lowest BCUT2D eigenvalue weighted by molar-refractivity contribution is 0.242. The first-order chi connectivity index (χ1) is 15.1. The standard InChI is InChI=1S/C23H27ClN4OS2/c1-26-12-9-18-19(15-26)31-21-20(18)22(29)28(17-7-5-16(24)6-8-17)23(25-21)30-14-13-27-10-3-2-4-11-27/h5-8H,2-4,9-15H2,1H3. The summed E-state index contributed by atoms with van der Waals surface area (Å²) in [5.74, 6) is 0.930. The van der Waals surface area contributed by atoms with E-state index in [4.69, 9.17) is 16.6 Å².